The molecule has 4 heterocycles. The van der Waals surface area contributed by atoms with Crippen LogP contribution in [0.5, 0.6) is 0 Å². The molecule has 0 unspecified atom stereocenters. The zero-order valence-electron chi connectivity index (χ0n) is 21.3. The Morgan fingerprint density at radius 3 is 1.90 bits per heavy atom. The number of likely N-dealkylation sites (tertiary alicyclic amines) is 1. The molecule has 2 aromatic rings. The highest BCUT2D eigenvalue weighted by Gasteiger charge is 2.39. The number of nitrogens with zero attached hydrogens (tertiary/aromatic N) is 5. The quantitative estimate of drug-likeness (QED) is 0.523. The molecule has 0 aromatic carbocycles. The van der Waals surface area contributed by atoms with E-state index in [1.165, 1.54) is 69.4 Å². The molecule has 5 rings (SSSR count). The van der Waals surface area contributed by atoms with Crippen LogP contribution in [0.25, 0.3) is 11.0 Å². The molecule has 0 spiro atoms. The predicted octanol–water partition coefficient (Wildman–Crippen LogP) is 4.42. The topological polar surface area (TPSA) is 112 Å². The summed E-state index contributed by atoms with van der Waals surface area (Å²) in [7, 11) is 2.10. The van der Waals surface area contributed by atoms with Crippen molar-refractivity contribution in [2.24, 2.45) is 13.0 Å². The van der Waals surface area contributed by atoms with Crippen molar-refractivity contribution in [2.45, 2.75) is 56.8 Å². The monoisotopic (exact) mass is 567 g/mol. The van der Waals surface area contributed by atoms with E-state index in [4.69, 9.17) is 24.8 Å². The van der Waals surface area contributed by atoms with E-state index in [0.29, 0.717) is 5.92 Å². The summed E-state index contributed by atoms with van der Waals surface area (Å²) >= 11 is 0. The SMILES string of the molecule is Cn1cnc2c(N3CCCC3)nc(C3CCN(CC4CC4)CC3)cc21.O=C(O)C(F)(F)F.O=C(O)C(F)(F)F. The fourth-order valence-corrected chi connectivity index (χ4v) is 4.57. The Labute approximate surface area is 220 Å². The number of imidazole rings is 1. The van der Waals surface area contributed by atoms with Gasteiger partial charge in [0.1, 0.15) is 5.52 Å². The van der Waals surface area contributed by atoms with Crippen molar-refractivity contribution in [1.82, 2.24) is 19.4 Å². The van der Waals surface area contributed by atoms with Gasteiger partial charge < -0.3 is 24.6 Å². The highest BCUT2D eigenvalue weighted by molar-refractivity contribution is 5.87. The number of pyridine rings is 1. The van der Waals surface area contributed by atoms with Crippen LogP contribution in [0.1, 0.15) is 50.1 Å². The van der Waals surface area contributed by atoms with Crippen LogP contribution in [-0.2, 0) is 16.6 Å². The van der Waals surface area contributed by atoms with Gasteiger partial charge in [0.2, 0.25) is 0 Å². The van der Waals surface area contributed by atoms with Crippen molar-refractivity contribution in [3.05, 3.63) is 18.1 Å². The minimum absolute atomic E-state index is 0.608. The molecule has 0 atom stereocenters. The number of aliphatic carboxylic acids is 2. The summed E-state index contributed by atoms with van der Waals surface area (Å²) in [5, 5.41) is 14.2. The zero-order valence-corrected chi connectivity index (χ0v) is 21.3. The van der Waals surface area contributed by atoms with E-state index in [1.807, 2.05) is 6.33 Å². The Balaban J connectivity index is 0.000000251. The molecule has 2 saturated heterocycles. The van der Waals surface area contributed by atoms with E-state index in [2.05, 4.69) is 32.5 Å². The highest BCUT2D eigenvalue weighted by atomic mass is 19.4. The summed E-state index contributed by atoms with van der Waals surface area (Å²) in [6.45, 7) is 6.07. The molecule has 1 aliphatic carbocycles. The van der Waals surface area contributed by atoms with Crippen molar-refractivity contribution in [2.75, 3.05) is 37.6 Å². The van der Waals surface area contributed by atoms with Crippen LogP contribution in [0.3, 0.4) is 0 Å². The fraction of sp³-hybridized carbons (Fsp3) is 0.667. The van der Waals surface area contributed by atoms with Gasteiger partial charge in [-0.2, -0.15) is 26.3 Å². The third-order valence-corrected chi connectivity index (χ3v) is 6.82. The summed E-state index contributed by atoms with van der Waals surface area (Å²) in [6, 6.07) is 2.31. The zero-order chi connectivity index (χ0) is 29.0. The molecule has 0 bridgehead atoms. The standard InChI is InChI=1S/C20H29N5.2C2HF3O2/c1-23-14-21-19-18(23)12-17(22-20(19)25-8-2-3-9-25)16-6-10-24(11-7-16)13-15-4-5-15;2*3-2(4,5)1(6)7/h12,14-16H,2-11,13H2,1H3;2*(H,6,7). The van der Waals surface area contributed by atoms with Crippen molar-refractivity contribution < 1.29 is 46.1 Å². The molecule has 0 radical (unpaired) electrons. The van der Waals surface area contributed by atoms with E-state index in [9.17, 15) is 26.3 Å². The lowest BCUT2D eigenvalue weighted by Crippen LogP contribution is -2.34. The van der Waals surface area contributed by atoms with E-state index in [-0.39, 0.29) is 0 Å². The van der Waals surface area contributed by atoms with Crippen molar-refractivity contribution in [3.63, 3.8) is 0 Å². The van der Waals surface area contributed by atoms with Crippen LogP contribution in [0, 0.1) is 5.92 Å². The number of fused-ring (bicyclic) bond motifs is 1. The van der Waals surface area contributed by atoms with Crippen LogP contribution in [-0.4, -0.2) is 86.7 Å². The largest absolute Gasteiger partial charge is 0.490 e. The Hall–Kier alpha value is -3.10. The summed E-state index contributed by atoms with van der Waals surface area (Å²) in [6.07, 6.45) is -0.256. The fourth-order valence-electron chi connectivity index (χ4n) is 4.57. The van der Waals surface area contributed by atoms with Crippen LogP contribution < -0.4 is 4.90 Å². The maximum absolute atomic E-state index is 10.6. The van der Waals surface area contributed by atoms with E-state index < -0.39 is 24.3 Å². The molecule has 3 aliphatic rings. The Bertz CT molecular complexity index is 1110. The van der Waals surface area contributed by atoms with Gasteiger partial charge in [-0.1, -0.05) is 0 Å². The van der Waals surface area contributed by atoms with Crippen molar-refractivity contribution >= 4 is 28.8 Å². The van der Waals surface area contributed by atoms with Crippen LogP contribution in [0.2, 0.25) is 0 Å². The van der Waals surface area contributed by atoms with Gasteiger partial charge in [0.05, 0.1) is 11.8 Å². The first-order valence-corrected chi connectivity index (χ1v) is 12.6. The van der Waals surface area contributed by atoms with Crippen molar-refractivity contribution in [3.8, 4) is 0 Å². The van der Waals surface area contributed by atoms with Crippen molar-refractivity contribution in [1.29, 1.82) is 0 Å². The molecule has 2 aromatic heterocycles. The van der Waals surface area contributed by atoms with Crippen LogP contribution in [0.4, 0.5) is 32.2 Å². The molecule has 9 nitrogen and oxygen atoms in total. The number of hydrogen-bond donors (Lipinski definition) is 2. The molecule has 1 saturated carbocycles. The minimum atomic E-state index is -5.08. The third-order valence-electron chi connectivity index (χ3n) is 6.82. The van der Waals surface area contributed by atoms with Gasteiger partial charge >= 0.3 is 24.3 Å². The van der Waals surface area contributed by atoms with Gasteiger partial charge in [-0.05, 0) is 63.6 Å². The summed E-state index contributed by atoms with van der Waals surface area (Å²) in [5.74, 6) is -2.77. The average molecular weight is 568 g/mol. The van der Waals surface area contributed by atoms with Gasteiger partial charge in [-0.3, -0.25) is 0 Å². The predicted molar refractivity (Wildman–Crippen MR) is 128 cm³/mol. The molecule has 0 amide bonds. The number of aryl methyl sites for hydroxylation is 1. The summed E-state index contributed by atoms with van der Waals surface area (Å²) in [4.78, 5) is 32.7. The number of carboxylic acid groups (broad SMARTS) is 2. The van der Waals surface area contributed by atoms with E-state index in [0.717, 1.165) is 30.3 Å². The Morgan fingerprint density at radius 1 is 0.923 bits per heavy atom. The molecule has 3 fully saturated rings. The summed E-state index contributed by atoms with van der Waals surface area (Å²) < 4.78 is 65.6. The molecular formula is C24H31F6N5O4. The van der Waals surface area contributed by atoms with Crippen LogP contribution >= 0.6 is 0 Å². The smallest absolute Gasteiger partial charge is 0.475 e. The number of aromatic nitrogens is 3. The second kappa shape index (κ2) is 12.4. The maximum Gasteiger partial charge on any atom is 0.490 e. The number of alkyl halides is 6. The van der Waals surface area contributed by atoms with E-state index in [1.54, 1.807) is 0 Å². The van der Waals surface area contributed by atoms with Gasteiger partial charge in [-0.15, -0.1) is 0 Å². The first-order valence-electron chi connectivity index (χ1n) is 12.6. The molecule has 15 heteroatoms. The first kappa shape index (κ1) is 30.4. The number of carboxylic acids is 2. The molecule has 218 valence electrons. The molecular weight excluding hydrogens is 536 g/mol. The third kappa shape index (κ3) is 8.70. The van der Waals surface area contributed by atoms with Gasteiger partial charge in [0.25, 0.3) is 0 Å². The lowest BCUT2D eigenvalue weighted by Gasteiger charge is -2.32. The average Bonchev–Trinajstić information content (AvgIpc) is 3.34. The Kier molecular flexibility index (Phi) is 9.67. The number of piperidine rings is 1. The lowest BCUT2D eigenvalue weighted by atomic mass is 9.92. The molecule has 39 heavy (non-hydrogen) atoms. The maximum atomic E-state index is 10.6. The minimum Gasteiger partial charge on any atom is -0.475 e. The van der Waals surface area contributed by atoms with E-state index >= 15 is 0 Å². The summed E-state index contributed by atoms with van der Waals surface area (Å²) in [5.41, 5.74) is 3.62. The second-order valence-electron chi connectivity index (χ2n) is 9.91. The number of hydrogen-bond acceptors (Lipinski definition) is 6. The van der Waals surface area contributed by atoms with Gasteiger partial charge in [-0.25, -0.2) is 19.6 Å². The second-order valence-corrected chi connectivity index (χ2v) is 9.91. The molecule has 2 aliphatic heterocycles. The number of anilines is 1. The first-order chi connectivity index (χ1) is 18.2. The lowest BCUT2D eigenvalue weighted by molar-refractivity contribution is -0.193. The Morgan fingerprint density at radius 2 is 1.44 bits per heavy atom. The number of carbonyl (C=O) groups is 2. The van der Waals surface area contributed by atoms with Gasteiger partial charge in [0.15, 0.2) is 5.82 Å². The normalized spacial score (nSPS) is 18.8. The van der Waals surface area contributed by atoms with Crippen LogP contribution in [0.15, 0.2) is 12.4 Å². The molecule has 2 N–H and O–H groups in total. The highest BCUT2D eigenvalue weighted by Crippen LogP contribution is 2.35. The number of halogens is 6. The van der Waals surface area contributed by atoms with Gasteiger partial charge in [0, 0.05) is 38.3 Å². The number of rotatable bonds is 4.